The fraction of sp³-hybridized carbons (Fsp3) is 0.667. The minimum Gasteiger partial charge on any atom is -0.411 e. The molecule has 5 heteroatoms. The highest BCUT2D eigenvalue weighted by atomic mass is 16.7. The molecule has 1 aromatic heterocycles. The van der Waals surface area contributed by atoms with Crippen molar-refractivity contribution < 1.29 is 4.84 Å². The molecule has 0 radical (unpaired) electrons. The number of aromatic nitrogens is 3. The highest BCUT2D eigenvalue weighted by molar-refractivity contribution is 4.89. The Morgan fingerprint density at radius 1 is 1.64 bits per heavy atom. The van der Waals surface area contributed by atoms with E-state index in [0.29, 0.717) is 5.82 Å². The van der Waals surface area contributed by atoms with E-state index in [9.17, 15) is 4.79 Å². The molecule has 0 aromatic carbocycles. The summed E-state index contributed by atoms with van der Waals surface area (Å²) in [6.45, 7) is 3.87. The van der Waals surface area contributed by atoms with Gasteiger partial charge in [0.1, 0.15) is 7.11 Å². The summed E-state index contributed by atoms with van der Waals surface area (Å²) in [6.07, 6.45) is 0. The Bertz CT molecular complexity index is 286. The summed E-state index contributed by atoms with van der Waals surface area (Å²) in [5.74, 6) is 0.784. The van der Waals surface area contributed by atoms with Crippen LogP contribution in [-0.2, 0) is 0 Å². The lowest BCUT2D eigenvalue weighted by molar-refractivity contribution is 0.146. The Morgan fingerprint density at radius 3 is 2.64 bits per heavy atom. The SMILES string of the molecule is COn1c(C(C)C)n[nH]c1=O. The molecule has 0 saturated carbocycles. The number of rotatable bonds is 2. The molecule has 0 saturated heterocycles. The van der Waals surface area contributed by atoms with Gasteiger partial charge in [-0.25, -0.2) is 9.89 Å². The molecule has 5 nitrogen and oxygen atoms in total. The average Bonchev–Trinajstić information content (AvgIpc) is 2.30. The van der Waals surface area contributed by atoms with E-state index >= 15 is 0 Å². The van der Waals surface area contributed by atoms with Crippen LogP contribution in [0.3, 0.4) is 0 Å². The van der Waals surface area contributed by atoms with Crippen LogP contribution >= 0.6 is 0 Å². The number of aromatic amines is 1. The van der Waals surface area contributed by atoms with Gasteiger partial charge >= 0.3 is 5.69 Å². The zero-order chi connectivity index (χ0) is 8.43. The number of nitrogens with zero attached hydrogens (tertiary/aromatic N) is 2. The minimum absolute atomic E-state index is 0.175. The molecule has 0 aliphatic rings. The number of H-pyrrole nitrogens is 1. The largest absolute Gasteiger partial charge is 0.411 e. The third kappa shape index (κ3) is 1.26. The molecule has 1 rings (SSSR count). The summed E-state index contributed by atoms with van der Waals surface area (Å²) < 4.78 is 1.14. The molecule has 11 heavy (non-hydrogen) atoms. The predicted molar refractivity (Wildman–Crippen MR) is 39.4 cm³/mol. The molecule has 1 heterocycles. The molecule has 0 spiro atoms. The lowest BCUT2D eigenvalue weighted by atomic mass is 10.2. The van der Waals surface area contributed by atoms with E-state index in [0.717, 1.165) is 4.73 Å². The van der Waals surface area contributed by atoms with Crippen LogP contribution < -0.4 is 10.5 Å². The second-order valence-electron chi connectivity index (χ2n) is 2.52. The first-order chi connectivity index (χ1) is 5.16. The van der Waals surface area contributed by atoms with Crippen molar-refractivity contribution in [2.75, 3.05) is 7.11 Å². The van der Waals surface area contributed by atoms with Crippen LogP contribution in [0.2, 0.25) is 0 Å². The topological polar surface area (TPSA) is 59.9 Å². The van der Waals surface area contributed by atoms with Gasteiger partial charge in [-0.2, -0.15) is 5.10 Å². The lowest BCUT2D eigenvalue weighted by Crippen LogP contribution is -2.24. The molecular formula is C6H11N3O2. The smallest absolute Gasteiger partial charge is 0.376 e. The molecule has 1 aromatic rings. The minimum atomic E-state index is -0.337. The molecule has 0 fully saturated rings. The summed E-state index contributed by atoms with van der Waals surface area (Å²) in [5, 5.41) is 6.09. The van der Waals surface area contributed by atoms with Gasteiger partial charge in [-0.3, -0.25) is 0 Å². The molecule has 1 N–H and O–H groups in total. The van der Waals surface area contributed by atoms with E-state index in [-0.39, 0.29) is 11.6 Å². The Kier molecular flexibility index (Phi) is 1.98. The van der Waals surface area contributed by atoms with Crippen molar-refractivity contribution in [2.45, 2.75) is 19.8 Å². The Labute approximate surface area is 63.9 Å². The van der Waals surface area contributed by atoms with Crippen LogP contribution in [0.5, 0.6) is 0 Å². The zero-order valence-corrected chi connectivity index (χ0v) is 6.79. The number of nitrogens with one attached hydrogen (secondary N) is 1. The molecular weight excluding hydrogens is 146 g/mol. The predicted octanol–water partition coefficient (Wildman–Crippen LogP) is -0.247. The Hall–Kier alpha value is -1.26. The van der Waals surface area contributed by atoms with Crippen LogP contribution in [0.4, 0.5) is 0 Å². The Balaban J connectivity index is 3.16. The second kappa shape index (κ2) is 2.77. The van der Waals surface area contributed by atoms with Crippen LogP contribution in [0.1, 0.15) is 25.6 Å². The molecule has 0 bridgehead atoms. The van der Waals surface area contributed by atoms with Gasteiger partial charge in [0.15, 0.2) is 5.82 Å². The molecule has 0 aliphatic heterocycles. The quantitative estimate of drug-likeness (QED) is 0.644. The van der Waals surface area contributed by atoms with Crippen molar-refractivity contribution in [3.05, 3.63) is 16.3 Å². The van der Waals surface area contributed by atoms with E-state index in [1.807, 2.05) is 13.8 Å². The third-order valence-electron chi connectivity index (χ3n) is 1.36. The first-order valence-electron chi connectivity index (χ1n) is 3.38. The first-order valence-corrected chi connectivity index (χ1v) is 3.38. The van der Waals surface area contributed by atoms with Gasteiger partial charge in [0, 0.05) is 5.92 Å². The summed E-state index contributed by atoms with van der Waals surface area (Å²) in [6, 6.07) is 0. The molecule has 0 atom stereocenters. The summed E-state index contributed by atoms with van der Waals surface area (Å²) in [4.78, 5) is 15.7. The first kappa shape index (κ1) is 7.84. The fourth-order valence-electron chi connectivity index (χ4n) is 0.840. The van der Waals surface area contributed by atoms with Gasteiger partial charge in [0.05, 0.1) is 0 Å². The maximum atomic E-state index is 10.9. The summed E-state index contributed by atoms with van der Waals surface area (Å²) in [7, 11) is 1.43. The van der Waals surface area contributed by atoms with Crippen molar-refractivity contribution in [1.29, 1.82) is 0 Å². The number of hydrogen-bond acceptors (Lipinski definition) is 3. The van der Waals surface area contributed by atoms with Gasteiger partial charge < -0.3 is 4.84 Å². The van der Waals surface area contributed by atoms with Crippen LogP contribution in [0.25, 0.3) is 0 Å². The number of hydrogen-bond donors (Lipinski definition) is 1. The lowest BCUT2D eigenvalue weighted by Gasteiger charge is -2.03. The van der Waals surface area contributed by atoms with E-state index in [4.69, 9.17) is 4.84 Å². The maximum absolute atomic E-state index is 10.9. The maximum Gasteiger partial charge on any atom is 0.376 e. The van der Waals surface area contributed by atoms with Gasteiger partial charge in [0.25, 0.3) is 0 Å². The molecule has 62 valence electrons. The molecule has 0 aliphatic carbocycles. The van der Waals surface area contributed by atoms with Crippen LogP contribution in [0, 0.1) is 0 Å². The normalized spacial score (nSPS) is 10.5. The van der Waals surface area contributed by atoms with Gasteiger partial charge in [0.2, 0.25) is 0 Å². The van der Waals surface area contributed by atoms with Crippen LogP contribution in [-0.4, -0.2) is 22.0 Å². The van der Waals surface area contributed by atoms with Crippen molar-refractivity contribution in [1.82, 2.24) is 14.9 Å². The summed E-state index contributed by atoms with van der Waals surface area (Å²) >= 11 is 0. The van der Waals surface area contributed by atoms with Gasteiger partial charge in [-0.05, 0) is 0 Å². The highest BCUT2D eigenvalue weighted by Gasteiger charge is 2.10. The zero-order valence-electron chi connectivity index (χ0n) is 6.79. The van der Waals surface area contributed by atoms with Gasteiger partial charge in [-0.1, -0.05) is 13.8 Å². The van der Waals surface area contributed by atoms with E-state index in [2.05, 4.69) is 10.2 Å². The van der Waals surface area contributed by atoms with Crippen molar-refractivity contribution in [3.8, 4) is 0 Å². The van der Waals surface area contributed by atoms with Crippen molar-refractivity contribution >= 4 is 0 Å². The summed E-state index contributed by atoms with van der Waals surface area (Å²) in [5.41, 5.74) is -0.337. The van der Waals surface area contributed by atoms with Crippen molar-refractivity contribution in [2.24, 2.45) is 0 Å². The Morgan fingerprint density at radius 2 is 2.27 bits per heavy atom. The van der Waals surface area contributed by atoms with E-state index < -0.39 is 0 Å². The van der Waals surface area contributed by atoms with E-state index in [1.165, 1.54) is 7.11 Å². The van der Waals surface area contributed by atoms with Crippen LogP contribution in [0.15, 0.2) is 4.79 Å². The average molecular weight is 157 g/mol. The third-order valence-corrected chi connectivity index (χ3v) is 1.36. The van der Waals surface area contributed by atoms with Crippen molar-refractivity contribution in [3.63, 3.8) is 0 Å². The molecule has 0 unspecified atom stereocenters. The van der Waals surface area contributed by atoms with E-state index in [1.54, 1.807) is 0 Å². The monoisotopic (exact) mass is 157 g/mol. The van der Waals surface area contributed by atoms with Gasteiger partial charge in [-0.15, -0.1) is 4.73 Å². The fourth-order valence-corrected chi connectivity index (χ4v) is 0.840. The standard InChI is InChI=1S/C6H11N3O2/c1-4(2)5-7-8-6(10)9(5)11-3/h4H,1-3H3,(H,8,10). The highest BCUT2D eigenvalue weighted by Crippen LogP contribution is 2.06. The second-order valence-corrected chi connectivity index (χ2v) is 2.52. The molecule has 0 amide bonds.